The first kappa shape index (κ1) is 14.2. The Kier molecular flexibility index (Phi) is 6.28. The lowest BCUT2D eigenvalue weighted by atomic mass is 9.95. The van der Waals surface area contributed by atoms with E-state index in [4.69, 9.17) is 0 Å². The summed E-state index contributed by atoms with van der Waals surface area (Å²) in [5, 5.41) is 3.38. The van der Waals surface area contributed by atoms with Gasteiger partial charge in [0.2, 0.25) is 0 Å². The summed E-state index contributed by atoms with van der Waals surface area (Å²) in [7, 11) is 0. The van der Waals surface area contributed by atoms with Gasteiger partial charge in [0, 0.05) is 0 Å². The fraction of sp³-hybridized carbons (Fsp3) is 0.625. The molecule has 0 amide bonds. The van der Waals surface area contributed by atoms with Gasteiger partial charge in [-0.3, -0.25) is 0 Å². The van der Waals surface area contributed by atoms with E-state index in [9.17, 15) is 0 Å². The van der Waals surface area contributed by atoms with Crippen molar-refractivity contribution >= 4 is 0 Å². The smallest absolute Gasteiger partial charge is 0.00490 e. The Bertz CT molecular complexity index is 318. The van der Waals surface area contributed by atoms with Gasteiger partial charge in [0.05, 0.1) is 0 Å². The fourth-order valence-corrected chi connectivity index (χ4v) is 2.51. The minimum absolute atomic E-state index is 1.09. The van der Waals surface area contributed by atoms with Gasteiger partial charge >= 0.3 is 0 Å². The number of hydrogen-bond donors (Lipinski definition) is 1. The molecule has 0 aromatic heterocycles. The summed E-state index contributed by atoms with van der Waals surface area (Å²) >= 11 is 0. The summed E-state index contributed by atoms with van der Waals surface area (Å²) < 4.78 is 0. The Hall–Kier alpha value is -0.820. The lowest BCUT2D eigenvalue weighted by Gasteiger charge is -2.11. The zero-order valence-corrected chi connectivity index (χ0v) is 11.9. The first-order chi connectivity index (χ1) is 8.15. The lowest BCUT2D eigenvalue weighted by Crippen LogP contribution is -2.13. The van der Waals surface area contributed by atoms with E-state index >= 15 is 0 Å². The Labute approximate surface area is 107 Å². The molecular weight excluding hydrogens is 206 g/mol. The Morgan fingerprint density at radius 1 is 0.941 bits per heavy atom. The minimum atomic E-state index is 1.09. The van der Waals surface area contributed by atoms with Crippen molar-refractivity contribution in [1.29, 1.82) is 0 Å². The molecule has 1 N–H and O–H groups in total. The summed E-state index contributed by atoms with van der Waals surface area (Å²) in [6, 6.07) is 4.61. The van der Waals surface area contributed by atoms with Crippen molar-refractivity contribution in [3.05, 3.63) is 34.4 Å². The largest absolute Gasteiger partial charge is 0.317 e. The van der Waals surface area contributed by atoms with Gasteiger partial charge in [0.1, 0.15) is 0 Å². The standard InChI is InChI=1S/C16H27N/c1-5-17-10-8-6-7-9-16-14(3)11-13(2)12-15(16)4/h11-12,17H,5-10H2,1-4H3. The maximum Gasteiger partial charge on any atom is -0.00490 e. The summed E-state index contributed by atoms with van der Waals surface area (Å²) in [4.78, 5) is 0. The van der Waals surface area contributed by atoms with E-state index in [2.05, 4.69) is 45.1 Å². The monoisotopic (exact) mass is 233 g/mol. The topological polar surface area (TPSA) is 12.0 Å². The van der Waals surface area contributed by atoms with Crippen molar-refractivity contribution in [1.82, 2.24) is 5.32 Å². The molecule has 0 radical (unpaired) electrons. The molecule has 0 aliphatic rings. The average Bonchev–Trinajstić information content (AvgIpc) is 2.26. The number of hydrogen-bond acceptors (Lipinski definition) is 1. The number of rotatable bonds is 7. The molecule has 0 saturated heterocycles. The summed E-state index contributed by atoms with van der Waals surface area (Å²) in [6.07, 6.45) is 5.19. The molecule has 96 valence electrons. The first-order valence-corrected chi connectivity index (χ1v) is 6.92. The molecule has 0 bridgehead atoms. The van der Waals surface area contributed by atoms with Crippen molar-refractivity contribution in [3.8, 4) is 0 Å². The number of unbranched alkanes of at least 4 members (excludes halogenated alkanes) is 2. The van der Waals surface area contributed by atoms with Crippen LogP contribution in [0.1, 0.15) is 48.4 Å². The van der Waals surface area contributed by atoms with Gasteiger partial charge in [-0.1, -0.05) is 31.0 Å². The molecule has 1 rings (SSSR count). The van der Waals surface area contributed by atoms with E-state index in [0.717, 1.165) is 6.54 Å². The molecule has 0 aliphatic carbocycles. The van der Waals surface area contributed by atoms with Crippen LogP contribution in [0, 0.1) is 20.8 Å². The summed E-state index contributed by atoms with van der Waals surface area (Å²) in [5.41, 5.74) is 5.89. The van der Waals surface area contributed by atoms with Gasteiger partial charge in [-0.2, -0.15) is 0 Å². The summed E-state index contributed by atoms with van der Waals surface area (Å²) in [6.45, 7) is 11.1. The van der Waals surface area contributed by atoms with Crippen LogP contribution in [0.4, 0.5) is 0 Å². The van der Waals surface area contributed by atoms with Crippen LogP contribution >= 0.6 is 0 Å². The van der Waals surface area contributed by atoms with Gasteiger partial charge in [0.15, 0.2) is 0 Å². The molecule has 0 spiro atoms. The third kappa shape index (κ3) is 4.91. The van der Waals surface area contributed by atoms with E-state index < -0.39 is 0 Å². The van der Waals surface area contributed by atoms with Gasteiger partial charge in [-0.15, -0.1) is 0 Å². The molecule has 1 nitrogen and oxygen atoms in total. The lowest BCUT2D eigenvalue weighted by molar-refractivity contribution is 0.615. The van der Waals surface area contributed by atoms with Gasteiger partial charge in [-0.05, 0) is 69.8 Å². The molecule has 1 heteroatoms. The minimum Gasteiger partial charge on any atom is -0.317 e. The Morgan fingerprint density at radius 3 is 2.18 bits per heavy atom. The van der Waals surface area contributed by atoms with E-state index in [-0.39, 0.29) is 0 Å². The average molecular weight is 233 g/mol. The normalized spacial score (nSPS) is 10.8. The van der Waals surface area contributed by atoms with Crippen LogP contribution in [0.2, 0.25) is 0 Å². The second-order valence-electron chi connectivity index (χ2n) is 5.04. The number of nitrogens with one attached hydrogen (secondary N) is 1. The third-order valence-electron chi connectivity index (χ3n) is 3.37. The first-order valence-electron chi connectivity index (χ1n) is 6.92. The van der Waals surface area contributed by atoms with Crippen LogP contribution in [0.25, 0.3) is 0 Å². The maximum atomic E-state index is 3.38. The zero-order valence-electron chi connectivity index (χ0n) is 11.9. The molecule has 0 unspecified atom stereocenters. The van der Waals surface area contributed by atoms with Crippen molar-refractivity contribution in [2.75, 3.05) is 13.1 Å². The predicted molar refractivity (Wildman–Crippen MR) is 76.8 cm³/mol. The molecule has 0 heterocycles. The maximum absolute atomic E-state index is 3.38. The van der Waals surface area contributed by atoms with Crippen LogP contribution in [-0.2, 0) is 6.42 Å². The van der Waals surface area contributed by atoms with Crippen molar-refractivity contribution < 1.29 is 0 Å². The molecule has 1 aromatic rings. The number of benzene rings is 1. The highest BCUT2D eigenvalue weighted by Gasteiger charge is 2.03. The van der Waals surface area contributed by atoms with Crippen molar-refractivity contribution in [2.24, 2.45) is 0 Å². The molecule has 0 saturated carbocycles. The zero-order chi connectivity index (χ0) is 12.7. The van der Waals surface area contributed by atoms with Crippen LogP contribution in [0.3, 0.4) is 0 Å². The van der Waals surface area contributed by atoms with E-state index in [1.54, 1.807) is 5.56 Å². The van der Waals surface area contributed by atoms with Gasteiger partial charge in [-0.25, -0.2) is 0 Å². The van der Waals surface area contributed by atoms with E-state index in [1.165, 1.54) is 48.9 Å². The van der Waals surface area contributed by atoms with Crippen LogP contribution in [-0.4, -0.2) is 13.1 Å². The quantitative estimate of drug-likeness (QED) is 0.704. The third-order valence-corrected chi connectivity index (χ3v) is 3.37. The second-order valence-corrected chi connectivity index (χ2v) is 5.04. The molecule has 0 atom stereocenters. The predicted octanol–water partition coefficient (Wildman–Crippen LogP) is 3.93. The highest BCUT2D eigenvalue weighted by Crippen LogP contribution is 2.18. The highest BCUT2D eigenvalue weighted by molar-refractivity contribution is 5.37. The SMILES string of the molecule is CCNCCCCCc1c(C)cc(C)cc1C. The second kappa shape index (κ2) is 7.50. The molecule has 1 aromatic carbocycles. The van der Waals surface area contributed by atoms with E-state index in [1.807, 2.05) is 0 Å². The van der Waals surface area contributed by atoms with E-state index in [0.29, 0.717) is 0 Å². The molecule has 0 aliphatic heterocycles. The highest BCUT2D eigenvalue weighted by atomic mass is 14.8. The molecule has 17 heavy (non-hydrogen) atoms. The molecule has 0 fully saturated rings. The van der Waals surface area contributed by atoms with Gasteiger partial charge < -0.3 is 5.32 Å². The van der Waals surface area contributed by atoms with Crippen molar-refractivity contribution in [2.45, 2.75) is 53.4 Å². The Morgan fingerprint density at radius 2 is 1.59 bits per heavy atom. The van der Waals surface area contributed by atoms with Crippen molar-refractivity contribution in [3.63, 3.8) is 0 Å². The summed E-state index contributed by atoms with van der Waals surface area (Å²) in [5.74, 6) is 0. The van der Waals surface area contributed by atoms with Gasteiger partial charge in [0.25, 0.3) is 0 Å². The van der Waals surface area contributed by atoms with Crippen LogP contribution < -0.4 is 5.32 Å². The van der Waals surface area contributed by atoms with Crippen LogP contribution in [0.5, 0.6) is 0 Å². The molecular formula is C16H27N. The van der Waals surface area contributed by atoms with Crippen LogP contribution in [0.15, 0.2) is 12.1 Å². The number of aryl methyl sites for hydroxylation is 3. The Balaban J connectivity index is 2.36. The fourth-order valence-electron chi connectivity index (χ4n) is 2.51.